The van der Waals surface area contributed by atoms with E-state index in [-0.39, 0.29) is 5.02 Å². The number of fused-ring (bicyclic) bond motifs is 1. The molecule has 4 aromatic rings. The van der Waals surface area contributed by atoms with Gasteiger partial charge in [0, 0.05) is 12.1 Å². The summed E-state index contributed by atoms with van der Waals surface area (Å²) in [7, 11) is 0. The van der Waals surface area contributed by atoms with Gasteiger partial charge in [-0.1, -0.05) is 53.3 Å². The summed E-state index contributed by atoms with van der Waals surface area (Å²) in [5, 5.41) is 8.70. The fourth-order valence-corrected chi connectivity index (χ4v) is 3.34. The Labute approximate surface area is 146 Å². The van der Waals surface area contributed by atoms with Gasteiger partial charge in [0.25, 0.3) is 0 Å². The van der Waals surface area contributed by atoms with Crippen molar-refractivity contribution in [3.63, 3.8) is 0 Å². The third kappa shape index (κ3) is 2.86. The van der Waals surface area contributed by atoms with Crippen molar-refractivity contribution in [2.24, 2.45) is 0 Å². The molecule has 2 aromatic heterocycles. The van der Waals surface area contributed by atoms with Crippen LogP contribution in [0, 0.1) is 5.82 Å². The lowest BCUT2D eigenvalue weighted by molar-refractivity contribution is 0.628. The number of nitrogens with one attached hydrogen (secondary N) is 1. The fourth-order valence-electron chi connectivity index (χ4n) is 2.39. The topological polar surface area (TPSA) is 42.2 Å². The highest BCUT2D eigenvalue weighted by atomic mass is 35.5. The molecule has 0 aliphatic heterocycles. The van der Waals surface area contributed by atoms with Crippen molar-refractivity contribution in [1.82, 2.24) is 14.6 Å². The summed E-state index contributed by atoms with van der Waals surface area (Å²) in [6, 6.07) is 14.7. The van der Waals surface area contributed by atoms with E-state index >= 15 is 0 Å². The second kappa shape index (κ2) is 6.22. The van der Waals surface area contributed by atoms with Crippen LogP contribution in [0.5, 0.6) is 0 Å². The predicted molar refractivity (Wildman–Crippen MR) is 95.0 cm³/mol. The molecule has 2 aromatic carbocycles. The van der Waals surface area contributed by atoms with Crippen molar-refractivity contribution < 1.29 is 4.39 Å². The van der Waals surface area contributed by atoms with Gasteiger partial charge in [0.15, 0.2) is 0 Å². The molecule has 0 radical (unpaired) electrons. The van der Waals surface area contributed by atoms with Gasteiger partial charge in [0.05, 0.1) is 16.9 Å². The largest absolute Gasteiger partial charge is 0.356 e. The van der Waals surface area contributed by atoms with Crippen molar-refractivity contribution in [1.29, 1.82) is 0 Å². The molecular weight excluding hydrogens is 347 g/mol. The maximum absolute atomic E-state index is 13.3. The van der Waals surface area contributed by atoms with Crippen LogP contribution in [0.2, 0.25) is 5.02 Å². The van der Waals surface area contributed by atoms with Gasteiger partial charge in [0.1, 0.15) is 5.82 Å². The molecule has 0 fully saturated rings. The van der Waals surface area contributed by atoms with E-state index in [0.29, 0.717) is 6.54 Å². The van der Waals surface area contributed by atoms with E-state index in [1.165, 1.54) is 23.0 Å². The Morgan fingerprint density at radius 1 is 1.17 bits per heavy atom. The van der Waals surface area contributed by atoms with Crippen LogP contribution in [0.25, 0.3) is 16.2 Å². The van der Waals surface area contributed by atoms with Gasteiger partial charge in [-0.15, -0.1) is 5.10 Å². The Balaban J connectivity index is 1.62. The number of anilines is 1. The predicted octanol–water partition coefficient (Wildman–Crippen LogP) is 4.86. The Bertz CT molecular complexity index is 996. The lowest BCUT2D eigenvalue weighted by Crippen LogP contribution is -1.99. The molecule has 1 N–H and O–H groups in total. The number of imidazole rings is 1. The molecule has 0 aliphatic carbocycles. The zero-order chi connectivity index (χ0) is 16.5. The molecule has 0 aliphatic rings. The highest BCUT2D eigenvalue weighted by Gasteiger charge is 2.12. The number of halogens is 2. The number of nitrogens with zero attached hydrogens (tertiary/aromatic N) is 3. The zero-order valence-corrected chi connectivity index (χ0v) is 14.0. The first-order valence-electron chi connectivity index (χ1n) is 7.28. The number of benzene rings is 2. The summed E-state index contributed by atoms with van der Waals surface area (Å²) in [5.41, 5.74) is 2.72. The van der Waals surface area contributed by atoms with Crippen LogP contribution in [0.4, 0.5) is 9.52 Å². The van der Waals surface area contributed by atoms with Crippen molar-refractivity contribution in [3.05, 3.63) is 71.1 Å². The van der Waals surface area contributed by atoms with E-state index in [1.54, 1.807) is 22.8 Å². The number of hydrogen-bond donors (Lipinski definition) is 1. The molecule has 2 heterocycles. The van der Waals surface area contributed by atoms with Crippen molar-refractivity contribution >= 4 is 33.0 Å². The van der Waals surface area contributed by atoms with Crippen LogP contribution < -0.4 is 5.32 Å². The number of rotatable bonds is 4. The van der Waals surface area contributed by atoms with Gasteiger partial charge < -0.3 is 5.32 Å². The maximum atomic E-state index is 13.3. The Kier molecular flexibility index (Phi) is 3.92. The molecule has 4 rings (SSSR count). The van der Waals surface area contributed by atoms with Gasteiger partial charge in [-0.3, -0.25) is 0 Å². The molecular formula is C17H12ClFN4S. The second-order valence-electron chi connectivity index (χ2n) is 5.21. The average Bonchev–Trinajstić information content (AvgIpc) is 3.17. The number of hydrogen-bond acceptors (Lipinski definition) is 4. The van der Waals surface area contributed by atoms with Gasteiger partial charge in [-0.05, 0) is 23.8 Å². The minimum Gasteiger partial charge on any atom is -0.356 e. The van der Waals surface area contributed by atoms with Crippen LogP contribution in [0.15, 0.2) is 54.7 Å². The van der Waals surface area contributed by atoms with Crippen molar-refractivity contribution in [2.75, 3.05) is 5.32 Å². The summed E-state index contributed by atoms with van der Waals surface area (Å²) < 4.78 is 15.1. The monoisotopic (exact) mass is 358 g/mol. The first-order chi connectivity index (χ1) is 11.7. The summed E-state index contributed by atoms with van der Waals surface area (Å²) >= 11 is 7.33. The molecule has 0 unspecified atom stereocenters. The lowest BCUT2D eigenvalue weighted by atomic mass is 10.2. The highest BCUT2D eigenvalue weighted by molar-refractivity contribution is 7.20. The van der Waals surface area contributed by atoms with Crippen LogP contribution in [0.3, 0.4) is 0 Å². The molecule has 7 heteroatoms. The first-order valence-corrected chi connectivity index (χ1v) is 8.48. The normalized spacial score (nSPS) is 11.1. The Hall–Kier alpha value is -2.44. The molecule has 4 nitrogen and oxygen atoms in total. The lowest BCUT2D eigenvalue weighted by Gasteiger charge is -2.02. The maximum Gasteiger partial charge on any atom is 0.214 e. The van der Waals surface area contributed by atoms with E-state index in [9.17, 15) is 4.39 Å². The minimum atomic E-state index is -0.440. The Morgan fingerprint density at radius 2 is 2.00 bits per heavy atom. The third-order valence-electron chi connectivity index (χ3n) is 3.59. The van der Waals surface area contributed by atoms with Gasteiger partial charge in [0.2, 0.25) is 10.1 Å². The molecule has 0 saturated carbocycles. The SMILES string of the molecule is Fc1ccc(-c2cnc3sc(NCc4ccccc4)nn23)cc1Cl. The van der Waals surface area contributed by atoms with Crippen LogP contribution in [0.1, 0.15) is 5.56 Å². The molecule has 0 bridgehead atoms. The molecule has 120 valence electrons. The standard InChI is InChI=1S/C17H12ClFN4S/c18-13-8-12(6-7-14(13)19)15-10-21-17-23(15)22-16(24-17)20-9-11-4-2-1-3-5-11/h1-8,10H,9H2,(H,20,22). The van der Waals surface area contributed by atoms with E-state index in [0.717, 1.165) is 21.3 Å². The first kappa shape index (κ1) is 15.1. The summed E-state index contributed by atoms with van der Waals surface area (Å²) in [6.45, 7) is 0.690. The zero-order valence-electron chi connectivity index (χ0n) is 12.4. The molecule has 0 atom stereocenters. The van der Waals surface area contributed by atoms with Gasteiger partial charge >= 0.3 is 0 Å². The summed E-state index contributed by atoms with van der Waals surface area (Å²) in [5.74, 6) is -0.440. The van der Waals surface area contributed by atoms with Crippen molar-refractivity contribution in [3.8, 4) is 11.3 Å². The minimum absolute atomic E-state index is 0.0834. The van der Waals surface area contributed by atoms with Crippen molar-refractivity contribution in [2.45, 2.75) is 6.54 Å². The van der Waals surface area contributed by atoms with E-state index in [1.807, 2.05) is 18.2 Å². The van der Waals surface area contributed by atoms with Gasteiger partial charge in [-0.2, -0.15) is 0 Å². The second-order valence-corrected chi connectivity index (χ2v) is 6.58. The van der Waals surface area contributed by atoms with E-state index < -0.39 is 5.82 Å². The number of aromatic nitrogens is 3. The molecule has 0 amide bonds. The molecule has 0 saturated heterocycles. The molecule has 24 heavy (non-hydrogen) atoms. The molecule has 0 spiro atoms. The average molecular weight is 359 g/mol. The Morgan fingerprint density at radius 3 is 2.79 bits per heavy atom. The quantitative estimate of drug-likeness (QED) is 0.566. The van der Waals surface area contributed by atoms with E-state index in [2.05, 4.69) is 27.5 Å². The van der Waals surface area contributed by atoms with Crippen LogP contribution in [-0.4, -0.2) is 14.6 Å². The highest BCUT2D eigenvalue weighted by Crippen LogP contribution is 2.28. The fraction of sp³-hybridized carbons (Fsp3) is 0.0588. The third-order valence-corrected chi connectivity index (χ3v) is 4.76. The van der Waals surface area contributed by atoms with Crippen LogP contribution in [-0.2, 0) is 6.54 Å². The van der Waals surface area contributed by atoms with Gasteiger partial charge in [-0.25, -0.2) is 13.9 Å². The summed E-state index contributed by atoms with van der Waals surface area (Å²) in [6.07, 6.45) is 1.71. The van der Waals surface area contributed by atoms with Crippen LogP contribution >= 0.6 is 22.9 Å². The summed E-state index contributed by atoms with van der Waals surface area (Å²) in [4.78, 5) is 5.13. The smallest absolute Gasteiger partial charge is 0.214 e. The van der Waals surface area contributed by atoms with E-state index in [4.69, 9.17) is 11.6 Å².